The molecule has 4 nitrogen and oxygen atoms in total. The summed E-state index contributed by atoms with van der Waals surface area (Å²) in [6.07, 6.45) is 0.879. The van der Waals surface area contributed by atoms with E-state index in [0.29, 0.717) is 17.0 Å². The van der Waals surface area contributed by atoms with Crippen LogP contribution in [-0.4, -0.2) is 34.2 Å². The summed E-state index contributed by atoms with van der Waals surface area (Å²) in [4.78, 5) is 15.4. The third-order valence-corrected chi connectivity index (χ3v) is 7.84. The number of benzene rings is 2. The van der Waals surface area contributed by atoms with Gasteiger partial charge in [-0.05, 0) is 80.7 Å². The summed E-state index contributed by atoms with van der Waals surface area (Å²) >= 11 is 0. The molecule has 0 aliphatic heterocycles. The minimum atomic E-state index is -4.53. The first kappa shape index (κ1) is 25.2. The summed E-state index contributed by atoms with van der Waals surface area (Å²) in [5, 5.41) is 20.0. The highest BCUT2D eigenvalue weighted by molar-refractivity contribution is 5.95. The Morgan fingerprint density at radius 2 is 1.54 bits per heavy atom. The number of alkyl halides is 3. The van der Waals surface area contributed by atoms with Gasteiger partial charge < -0.3 is 10.0 Å². The van der Waals surface area contributed by atoms with Crippen LogP contribution in [0.2, 0.25) is 0 Å². The van der Waals surface area contributed by atoms with Gasteiger partial charge in [0.25, 0.3) is 5.91 Å². The van der Waals surface area contributed by atoms with Gasteiger partial charge in [0.05, 0.1) is 23.2 Å². The Balaban J connectivity index is 1.47. The lowest BCUT2D eigenvalue weighted by Gasteiger charge is -2.38. The van der Waals surface area contributed by atoms with E-state index < -0.39 is 17.7 Å². The zero-order chi connectivity index (χ0) is 25.4. The summed E-state index contributed by atoms with van der Waals surface area (Å²) in [6, 6.07) is 16.2. The molecule has 0 spiro atoms. The van der Waals surface area contributed by atoms with Crippen LogP contribution >= 0.6 is 0 Å². The van der Waals surface area contributed by atoms with Crippen molar-refractivity contribution in [1.82, 2.24) is 4.90 Å². The van der Waals surface area contributed by atoms with Gasteiger partial charge in [0, 0.05) is 17.6 Å². The summed E-state index contributed by atoms with van der Waals surface area (Å²) in [7, 11) is 0. The van der Waals surface area contributed by atoms with Crippen molar-refractivity contribution in [3.05, 3.63) is 70.8 Å². The third-order valence-electron chi connectivity index (χ3n) is 7.84. The highest BCUT2D eigenvalue weighted by atomic mass is 19.4. The van der Waals surface area contributed by atoms with E-state index in [1.807, 2.05) is 29.2 Å². The molecule has 2 aliphatic rings. The first-order valence-corrected chi connectivity index (χ1v) is 12.2. The lowest BCUT2D eigenvalue weighted by atomic mass is 9.79. The van der Waals surface area contributed by atoms with Crippen LogP contribution in [0.25, 0.3) is 0 Å². The Bertz CT molecular complexity index is 1090. The standard InChI is InChI=1S/C28H31F3N2O2/c1-18(28(29,30)31)27(2,35)22-11-7-20(8-12-22)26(34)33(24-15-16-24)23-13-9-19(10-14-23)25-6-4-3-5-21(25)17-32/h3-8,11-12,18-19,23-24,35H,9-10,13-16H2,1-2H3/t18-,19?,23?,27+/m0/s1. The molecule has 2 saturated carbocycles. The topological polar surface area (TPSA) is 64.3 Å². The molecule has 0 heterocycles. The van der Waals surface area contributed by atoms with E-state index in [1.54, 1.807) is 0 Å². The zero-order valence-electron chi connectivity index (χ0n) is 20.1. The average molecular weight is 485 g/mol. The van der Waals surface area contributed by atoms with Gasteiger partial charge in [0.15, 0.2) is 0 Å². The molecular weight excluding hydrogens is 453 g/mol. The van der Waals surface area contributed by atoms with Crippen LogP contribution < -0.4 is 0 Å². The molecule has 186 valence electrons. The molecule has 35 heavy (non-hydrogen) atoms. The van der Waals surface area contributed by atoms with Crippen molar-refractivity contribution in [2.45, 2.75) is 82.2 Å². The van der Waals surface area contributed by atoms with Gasteiger partial charge >= 0.3 is 6.18 Å². The van der Waals surface area contributed by atoms with Crippen molar-refractivity contribution >= 4 is 5.91 Å². The van der Waals surface area contributed by atoms with E-state index in [1.165, 1.54) is 24.3 Å². The number of nitrogens with zero attached hydrogens (tertiary/aromatic N) is 2. The predicted octanol–water partition coefficient (Wildman–Crippen LogP) is 6.30. The Labute approximate surface area is 204 Å². The maximum atomic E-state index is 13.5. The van der Waals surface area contributed by atoms with Crippen LogP contribution in [0.4, 0.5) is 13.2 Å². The van der Waals surface area contributed by atoms with E-state index in [-0.39, 0.29) is 23.6 Å². The van der Waals surface area contributed by atoms with E-state index in [2.05, 4.69) is 6.07 Å². The van der Waals surface area contributed by atoms with Crippen LogP contribution in [0.1, 0.15) is 85.3 Å². The zero-order valence-corrected chi connectivity index (χ0v) is 20.1. The molecule has 4 rings (SSSR count). The Hall–Kier alpha value is -2.85. The summed E-state index contributed by atoms with van der Waals surface area (Å²) in [6.45, 7) is 2.11. The Morgan fingerprint density at radius 3 is 2.06 bits per heavy atom. The Morgan fingerprint density at radius 1 is 1.00 bits per heavy atom. The van der Waals surface area contributed by atoms with Crippen molar-refractivity contribution in [1.29, 1.82) is 5.26 Å². The molecule has 2 aromatic rings. The minimum Gasteiger partial charge on any atom is -0.385 e. The van der Waals surface area contributed by atoms with E-state index >= 15 is 0 Å². The quantitative estimate of drug-likeness (QED) is 0.524. The number of amides is 1. The third kappa shape index (κ3) is 5.23. The largest absolute Gasteiger partial charge is 0.394 e. The second kappa shape index (κ2) is 9.66. The van der Waals surface area contributed by atoms with Crippen LogP contribution in [0.5, 0.6) is 0 Å². The molecule has 2 atom stereocenters. The maximum absolute atomic E-state index is 13.5. The smallest absolute Gasteiger partial charge is 0.385 e. The van der Waals surface area contributed by atoms with Gasteiger partial charge in [0.2, 0.25) is 0 Å². The number of aliphatic hydroxyl groups is 1. The van der Waals surface area contributed by atoms with E-state index in [0.717, 1.165) is 57.9 Å². The molecule has 2 aliphatic carbocycles. The van der Waals surface area contributed by atoms with Crippen molar-refractivity contribution in [3.63, 3.8) is 0 Å². The van der Waals surface area contributed by atoms with Crippen molar-refractivity contribution in [2.24, 2.45) is 5.92 Å². The molecule has 0 bridgehead atoms. The molecule has 2 aromatic carbocycles. The molecule has 0 aromatic heterocycles. The molecular formula is C28H31F3N2O2. The fraction of sp³-hybridized carbons (Fsp3) is 0.500. The molecule has 0 saturated heterocycles. The molecule has 1 N–H and O–H groups in total. The number of hydrogen-bond donors (Lipinski definition) is 1. The highest BCUT2D eigenvalue weighted by Gasteiger charge is 2.48. The lowest BCUT2D eigenvalue weighted by molar-refractivity contribution is -0.220. The van der Waals surface area contributed by atoms with E-state index in [9.17, 15) is 28.3 Å². The summed E-state index contributed by atoms with van der Waals surface area (Å²) in [5.41, 5.74) is 0.255. The van der Waals surface area contributed by atoms with Gasteiger partial charge in [0.1, 0.15) is 0 Å². The second-order valence-electron chi connectivity index (χ2n) is 10.1. The fourth-order valence-electron chi connectivity index (χ4n) is 5.27. The van der Waals surface area contributed by atoms with E-state index in [4.69, 9.17) is 0 Å². The van der Waals surface area contributed by atoms with Crippen LogP contribution in [0.3, 0.4) is 0 Å². The van der Waals surface area contributed by atoms with Gasteiger partial charge in [-0.3, -0.25) is 4.79 Å². The first-order valence-electron chi connectivity index (χ1n) is 12.2. The monoisotopic (exact) mass is 484 g/mol. The first-order chi connectivity index (χ1) is 16.5. The normalized spacial score (nSPS) is 23.1. The average Bonchev–Trinajstić information content (AvgIpc) is 3.68. The van der Waals surface area contributed by atoms with Crippen LogP contribution in [0, 0.1) is 17.2 Å². The number of carbonyl (C=O) groups excluding carboxylic acids is 1. The number of rotatable bonds is 6. The highest BCUT2D eigenvalue weighted by Crippen LogP contribution is 2.42. The van der Waals surface area contributed by atoms with Crippen molar-refractivity contribution < 1.29 is 23.1 Å². The van der Waals surface area contributed by atoms with Crippen LogP contribution in [0.15, 0.2) is 48.5 Å². The molecule has 0 radical (unpaired) electrons. The van der Waals surface area contributed by atoms with Gasteiger partial charge in [-0.15, -0.1) is 0 Å². The maximum Gasteiger partial charge on any atom is 0.394 e. The number of carbonyl (C=O) groups is 1. The minimum absolute atomic E-state index is 0.105. The van der Waals surface area contributed by atoms with Gasteiger partial charge in [-0.2, -0.15) is 18.4 Å². The molecule has 0 unspecified atom stereocenters. The Kier molecular flexibility index (Phi) is 6.97. The van der Waals surface area contributed by atoms with Crippen molar-refractivity contribution in [2.75, 3.05) is 0 Å². The lowest BCUT2D eigenvalue weighted by Crippen LogP contribution is -2.44. The van der Waals surface area contributed by atoms with Crippen molar-refractivity contribution in [3.8, 4) is 6.07 Å². The summed E-state index contributed by atoms with van der Waals surface area (Å²) < 4.78 is 39.6. The van der Waals surface area contributed by atoms with Gasteiger partial charge in [-0.25, -0.2) is 0 Å². The molecule has 2 fully saturated rings. The predicted molar refractivity (Wildman–Crippen MR) is 127 cm³/mol. The molecule has 1 amide bonds. The SMILES string of the molecule is C[C@H](C(F)(F)F)[C@@](C)(O)c1ccc(C(=O)N(C2CCC(c3ccccc3C#N)CC2)C2CC2)cc1. The van der Waals surface area contributed by atoms with Crippen LogP contribution in [-0.2, 0) is 5.60 Å². The van der Waals surface area contributed by atoms with Gasteiger partial charge in [-0.1, -0.05) is 37.3 Å². The number of hydrogen-bond acceptors (Lipinski definition) is 3. The molecule has 7 heteroatoms. The second-order valence-corrected chi connectivity index (χ2v) is 10.1. The fourth-order valence-corrected chi connectivity index (χ4v) is 5.27. The number of nitriles is 1. The number of halogens is 3. The summed E-state index contributed by atoms with van der Waals surface area (Å²) in [5.74, 6) is -1.75.